The van der Waals surface area contributed by atoms with E-state index in [1.165, 1.54) is 18.2 Å². The van der Waals surface area contributed by atoms with Crippen LogP contribution in [0.15, 0.2) is 59.6 Å². The molecule has 8 nitrogen and oxygen atoms in total. The van der Waals surface area contributed by atoms with Gasteiger partial charge in [-0.1, -0.05) is 12.1 Å². The molecule has 0 aliphatic carbocycles. The highest BCUT2D eigenvalue weighted by molar-refractivity contribution is 7.90. The van der Waals surface area contributed by atoms with Gasteiger partial charge in [-0.3, -0.25) is 5.32 Å². The summed E-state index contributed by atoms with van der Waals surface area (Å²) in [4.78, 5) is 16.1. The van der Waals surface area contributed by atoms with Crippen molar-refractivity contribution in [2.45, 2.75) is 17.2 Å². The summed E-state index contributed by atoms with van der Waals surface area (Å²) >= 11 is 0. The van der Waals surface area contributed by atoms with Crippen LogP contribution in [0.1, 0.15) is 11.3 Å². The molecule has 0 aliphatic heterocycles. The quantitative estimate of drug-likeness (QED) is 0.326. The largest absolute Gasteiger partial charge is 0.433 e. The van der Waals surface area contributed by atoms with E-state index in [4.69, 9.17) is 4.74 Å². The Morgan fingerprint density at radius 2 is 1.71 bits per heavy atom. The molecular formula is C22H13F7N4O4S. The molecule has 0 atom stereocenters. The Labute approximate surface area is 208 Å². The van der Waals surface area contributed by atoms with Gasteiger partial charge in [0.25, 0.3) is 0 Å². The predicted molar refractivity (Wildman–Crippen MR) is 118 cm³/mol. The van der Waals surface area contributed by atoms with Crippen molar-refractivity contribution in [2.24, 2.45) is 0 Å². The van der Waals surface area contributed by atoms with E-state index in [1.54, 1.807) is 0 Å². The molecule has 4 aromatic rings. The number of ether oxygens (including phenoxy) is 1. The van der Waals surface area contributed by atoms with Crippen molar-refractivity contribution in [1.82, 2.24) is 14.6 Å². The van der Waals surface area contributed by atoms with E-state index in [-0.39, 0.29) is 15.1 Å². The van der Waals surface area contributed by atoms with Crippen LogP contribution in [-0.2, 0) is 22.2 Å². The number of hydrogen-bond acceptors (Lipinski definition) is 6. The minimum atomic E-state index is -5.04. The molecule has 38 heavy (non-hydrogen) atoms. The Hall–Kier alpha value is -4.21. The van der Waals surface area contributed by atoms with E-state index in [1.807, 2.05) is 0 Å². The van der Waals surface area contributed by atoms with Crippen LogP contribution in [0, 0.1) is 5.82 Å². The molecule has 2 heterocycles. The van der Waals surface area contributed by atoms with Crippen molar-refractivity contribution in [3.05, 3.63) is 71.8 Å². The summed E-state index contributed by atoms with van der Waals surface area (Å²) in [6.07, 6.45) is -9.64. The summed E-state index contributed by atoms with van der Waals surface area (Å²) < 4.78 is 123. The number of rotatable bonds is 4. The lowest BCUT2D eigenvalue weighted by Crippen LogP contribution is -2.17. The highest BCUT2D eigenvalue weighted by Gasteiger charge is 2.37. The molecule has 200 valence electrons. The SMILES string of the molecule is CS(=O)(=O)c1cccc(NC(=O)Oc2cnn3c(C(F)(F)F)cc(-c4ccc(C(F)(F)F)c(F)c4)nc23)c1. The van der Waals surface area contributed by atoms with Crippen LogP contribution in [0.2, 0.25) is 0 Å². The Bertz CT molecular complexity index is 1660. The van der Waals surface area contributed by atoms with Crippen LogP contribution in [-0.4, -0.2) is 35.4 Å². The Morgan fingerprint density at radius 3 is 2.32 bits per heavy atom. The fourth-order valence-corrected chi connectivity index (χ4v) is 3.98. The van der Waals surface area contributed by atoms with Crippen LogP contribution in [0.25, 0.3) is 16.9 Å². The topological polar surface area (TPSA) is 103 Å². The summed E-state index contributed by atoms with van der Waals surface area (Å²) in [5.74, 6) is -2.31. The average Bonchev–Trinajstić information content (AvgIpc) is 3.18. The molecule has 2 aromatic carbocycles. The first kappa shape index (κ1) is 26.8. The maximum absolute atomic E-state index is 14.1. The number of halogens is 7. The number of amides is 1. The lowest BCUT2D eigenvalue weighted by molar-refractivity contribution is -0.142. The second kappa shape index (κ2) is 9.27. The van der Waals surface area contributed by atoms with Crippen molar-refractivity contribution in [3.63, 3.8) is 0 Å². The normalized spacial score (nSPS) is 12.5. The van der Waals surface area contributed by atoms with Gasteiger partial charge in [0, 0.05) is 17.5 Å². The van der Waals surface area contributed by atoms with Crippen LogP contribution < -0.4 is 10.1 Å². The van der Waals surface area contributed by atoms with Crippen LogP contribution in [0.3, 0.4) is 0 Å². The summed E-state index contributed by atoms with van der Waals surface area (Å²) in [5.41, 5.74) is -4.73. The molecule has 0 fully saturated rings. The number of hydrogen-bond donors (Lipinski definition) is 1. The highest BCUT2D eigenvalue weighted by Crippen LogP contribution is 2.36. The zero-order valence-electron chi connectivity index (χ0n) is 18.7. The molecule has 0 unspecified atom stereocenters. The van der Waals surface area contributed by atoms with Gasteiger partial charge in [-0.25, -0.2) is 27.1 Å². The van der Waals surface area contributed by atoms with E-state index in [0.717, 1.165) is 24.6 Å². The third-order valence-electron chi connectivity index (χ3n) is 5.01. The van der Waals surface area contributed by atoms with Gasteiger partial charge >= 0.3 is 18.4 Å². The predicted octanol–water partition coefficient (Wildman–Crippen LogP) is 5.59. The maximum atomic E-state index is 14.1. The number of carbonyl (C=O) groups excluding carboxylic acids is 1. The van der Waals surface area contributed by atoms with Crippen molar-refractivity contribution >= 4 is 27.3 Å². The second-order valence-corrected chi connectivity index (χ2v) is 9.79. The fraction of sp³-hybridized carbons (Fsp3) is 0.136. The summed E-state index contributed by atoms with van der Waals surface area (Å²) in [7, 11) is -3.61. The summed E-state index contributed by atoms with van der Waals surface area (Å²) in [6.45, 7) is 0. The van der Waals surface area contributed by atoms with E-state index >= 15 is 0 Å². The molecular weight excluding hydrogens is 549 g/mol. The number of alkyl halides is 6. The molecule has 16 heteroatoms. The zero-order valence-corrected chi connectivity index (χ0v) is 19.5. The second-order valence-electron chi connectivity index (χ2n) is 7.78. The molecule has 2 aromatic heterocycles. The molecule has 4 rings (SSSR count). The minimum Gasteiger partial charge on any atom is -0.404 e. The number of carbonyl (C=O) groups is 1. The summed E-state index contributed by atoms with van der Waals surface area (Å²) in [5, 5.41) is 5.72. The molecule has 1 amide bonds. The van der Waals surface area contributed by atoms with Gasteiger partial charge in [-0.2, -0.15) is 31.4 Å². The maximum Gasteiger partial charge on any atom is 0.433 e. The van der Waals surface area contributed by atoms with Gasteiger partial charge in [0.05, 0.1) is 22.3 Å². The number of anilines is 1. The van der Waals surface area contributed by atoms with Gasteiger partial charge in [0.2, 0.25) is 0 Å². The molecule has 0 aliphatic rings. The van der Waals surface area contributed by atoms with Crippen molar-refractivity contribution < 1.29 is 48.7 Å². The van der Waals surface area contributed by atoms with Crippen LogP contribution >= 0.6 is 0 Å². The van der Waals surface area contributed by atoms with Crippen molar-refractivity contribution in [2.75, 3.05) is 11.6 Å². The number of benzene rings is 2. The first-order valence-corrected chi connectivity index (χ1v) is 12.1. The van der Waals surface area contributed by atoms with E-state index in [2.05, 4.69) is 15.4 Å². The first-order valence-electron chi connectivity index (χ1n) is 10.2. The monoisotopic (exact) mass is 562 g/mol. The van der Waals surface area contributed by atoms with Crippen molar-refractivity contribution in [3.8, 4) is 17.0 Å². The number of aromatic nitrogens is 3. The Balaban J connectivity index is 1.73. The molecule has 0 saturated carbocycles. The minimum absolute atomic E-state index is 0.0146. The third-order valence-corrected chi connectivity index (χ3v) is 6.12. The number of fused-ring (bicyclic) bond motifs is 1. The Morgan fingerprint density at radius 1 is 1.00 bits per heavy atom. The van der Waals surface area contributed by atoms with Crippen LogP contribution in [0.4, 0.5) is 41.2 Å². The van der Waals surface area contributed by atoms with E-state index in [0.29, 0.717) is 18.2 Å². The molecule has 0 bridgehead atoms. The standard InChI is InChI=1S/C22H13F7N4O4S/c1-38(35,36)13-4-2-3-12(8-13)31-20(34)37-17-10-30-33-18(22(27,28)29)9-16(32-19(17)33)11-5-6-14(15(23)7-11)21(24,25)26/h2-10H,1H3,(H,31,34). The highest BCUT2D eigenvalue weighted by atomic mass is 32.2. The first-order chi connectivity index (χ1) is 17.5. The number of nitrogens with zero attached hydrogens (tertiary/aromatic N) is 3. The zero-order chi connectivity index (χ0) is 28.0. The number of sulfone groups is 1. The summed E-state index contributed by atoms with van der Waals surface area (Å²) in [6, 6.07) is 6.95. The van der Waals surface area contributed by atoms with Crippen LogP contribution in [0.5, 0.6) is 5.75 Å². The smallest absolute Gasteiger partial charge is 0.404 e. The fourth-order valence-electron chi connectivity index (χ4n) is 3.32. The molecule has 0 saturated heterocycles. The molecule has 0 radical (unpaired) electrons. The van der Waals surface area contributed by atoms with Gasteiger partial charge in [-0.15, -0.1) is 0 Å². The number of nitrogens with one attached hydrogen (secondary N) is 1. The van der Waals surface area contributed by atoms with E-state index in [9.17, 15) is 43.9 Å². The third kappa shape index (κ3) is 5.53. The van der Waals surface area contributed by atoms with Gasteiger partial charge in [0.15, 0.2) is 26.9 Å². The van der Waals surface area contributed by atoms with Gasteiger partial charge in [0.1, 0.15) is 5.82 Å². The average molecular weight is 562 g/mol. The Kier molecular flexibility index (Phi) is 6.55. The van der Waals surface area contributed by atoms with Gasteiger partial charge in [-0.05, 0) is 36.4 Å². The van der Waals surface area contributed by atoms with Gasteiger partial charge < -0.3 is 4.74 Å². The van der Waals surface area contributed by atoms with Crippen molar-refractivity contribution in [1.29, 1.82) is 0 Å². The molecule has 1 N–H and O–H groups in total. The molecule has 0 spiro atoms. The van der Waals surface area contributed by atoms with E-state index < -0.39 is 68.0 Å². The lowest BCUT2D eigenvalue weighted by atomic mass is 10.1. The lowest BCUT2D eigenvalue weighted by Gasteiger charge is -2.13.